The van der Waals surface area contributed by atoms with E-state index in [4.69, 9.17) is 4.74 Å². The zero-order valence-corrected chi connectivity index (χ0v) is 12.2. The molecule has 102 valence electrons. The summed E-state index contributed by atoms with van der Waals surface area (Å²) in [6.07, 6.45) is 4.62. The van der Waals surface area contributed by atoms with Crippen LogP contribution in [0.2, 0.25) is 0 Å². The molecule has 0 radical (unpaired) electrons. The van der Waals surface area contributed by atoms with Crippen molar-refractivity contribution in [1.82, 2.24) is 9.88 Å². The molecule has 0 fully saturated rings. The topological polar surface area (TPSA) is 45.3 Å². The van der Waals surface area contributed by atoms with Crippen molar-refractivity contribution in [3.8, 4) is 5.75 Å². The fraction of sp³-hybridized carbons (Fsp3) is 0.357. The molecular weight excluding hydrogens is 260 g/mol. The number of hydrogen-bond donors (Lipinski definition) is 1. The highest BCUT2D eigenvalue weighted by atomic mass is 32.2. The van der Waals surface area contributed by atoms with Gasteiger partial charge in [-0.1, -0.05) is 6.07 Å². The third-order valence-electron chi connectivity index (χ3n) is 2.94. The number of carbonyl (C=O) groups is 1. The molecule has 0 amide bonds. The molecule has 0 aliphatic rings. The number of nitrogens with zero attached hydrogens (tertiary/aromatic N) is 1. The van der Waals surface area contributed by atoms with Gasteiger partial charge in [-0.05, 0) is 56.2 Å². The van der Waals surface area contributed by atoms with Crippen molar-refractivity contribution >= 4 is 28.0 Å². The van der Waals surface area contributed by atoms with Gasteiger partial charge >= 0.3 is 5.30 Å². The van der Waals surface area contributed by atoms with E-state index in [1.165, 1.54) is 5.56 Å². The molecule has 19 heavy (non-hydrogen) atoms. The molecule has 1 aromatic carbocycles. The van der Waals surface area contributed by atoms with E-state index in [0.29, 0.717) is 5.75 Å². The minimum absolute atomic E-state index is 0.285. The number of H-pyrrole nitrogens is 1. The Morgan fingerprint density at radius 1 is 1.42 bits per heavy atom. The molecular formula is C14H18N2O2S. The molecule has 0 saturated carbocycles. The lowest BCUT2D eigenvalue weighted by atomic mass is 10.1. The largest absolute Gasteiger partial charge is 0.418 e. The van der Waals surface area contributed by atoms with Crippen LogP contribution in [0.5, 0.6) is 5.75 Å². The predicted molar refractivity (Wildman–Crippen MR) is 80.1 cm³/mol. The Kier molecular flexibility index (Phi) is 4.50. The van der Waals surface area contributed by atoms with Gasteiger partial charge in [0, 0.05) is 23.6 Å². The minimum Gasteiger partial charge on any atom is -0.418 e. The number of fused-ring (bicyclic) bond motifs is 1. The predicted octanol–water partition coefficient (Wildman–Crippen LogP) is 3.13. The Morgan fingerprint density at radius 2 is 2.21 bits per heavy atom. The standard InChI is InChI=1S/C14H18N2O2S/c1-16(2)8-7-10-9-15-11-5-4-6-12(13(10)11)18-14(17)19-3/h4-6,9,15H,7-8H2,1-3H3. The van der Waals surface area contributed by atoms with E-state index >= 15 is 0 Å². The maximum Gasteiger partial charge on any atom is 0.372 e. The van der Waals surface area contributed by atoms with Crippen molar-refractivity contribution in [3.05, 3.63) is 30.0 Å². The maximum absolute atomic E-state index is 11.4. The van der Waals surface area contributed by atoms with Gasteiger partial charge in [0.15, 0.2) is 0 Å². The highest BCUT2D eigenvalue weighted by Crippen LogP contribution is 2.30. The van der Waals surface area contributed by atoms with Crippen LogP contribution in [-0.4, -0.2) is 42.1 Å². The summed E-state index contributed by atoms with van der Waals surface area (Å²) in [7, 11) is 4.09. The second kappa shape index (κ2) is 6.12. The van der Waals surface area contributed by atoms with Crippen LogP contribution in [0.1, 0.15) is 5.56 Å². The van der Waals surface area contributed by atoms with Gasteiger partial charge in [0.1, 0.15) is 5.75 Å². The van der Waals surface area contributed by atoms with Gasteiger partial charge in [-0.25, -0.2) is 4.79 Å². The molecule has 1 aromatic heterocycles. The average molecular weight is 278 g/mol. The molecule has 0 saturated heterocycles. The Morgan fingerprint density at radius 3 is 2.89 bits per heavy atom. The fourth-order valence-corrected chi connectivity index (χ4v) is 2.15. The van der Waals surface area contributed by atoms with Crippen molar-refractivity contribution in [1.29, 1.82) is 0 Å². The average Bonchev–Trinajstić information content (AvgIpc) is 2.80. The quantitative estimate of drug-likeness (QED) is 0.873. The smallest absolute Gasteiger partial charge is 0.372 e. The van der Waals surface area contributed by atoms with E-state index in [1.807, 2.05) is 38.5 Å². The van der Waals surface area contributed by atoms with Crippen LogP contribution < -0.4 is 4.74 Å². The number of likely N-dealkylation sites (N-methyl/N-ethyl adjacent to an activating group) is 1. The Balaban J connectivity index is 2.34. The summed E-state index contributed by atoms with van der Waals surface area (Å²) >= 11 is 1.08. The number of ether oxygens (including phenoxy) is 1. The van der Waals surface area contributed by atoms with Gasteiger partial charge in [-0.3, -0.25) is 0 Å². The molecule has 0 aliphatic carbocycles. The Hall–Kier alpha value is -1.46. The van der Waals surface area contributed by atoms with Gasteiger partial charge in [-0.15, -0.1) is 0 Å². The summed E-state index contributed by atoms with van der Waals surface area (Å²) in [5.74, 6) is 0.631. The van der Waals surface area contributed by atoms with Crippen LogP contribution in [-0.2, 0) is 6.42 Å². The molecule has 4 nitrogen and oxygen atoms in total. The summed E-state index contributed by atoms with van der Waals surface area (Å²) < 4.78 is 5.37. The van der Waals surface area contributed by atoms with Crippen LogP contribution in [0.3, 0.4) is 0 Å². The first kappa shape index (κ1) is 14.0. The monoisotopic (exact) mass is 278 g/mol. The Bertz CT molecular complexity index is 578. The molecule has 0 bridgehead atoms. The van der Waals surface area contributed by atoms with Gasteiger partial charge in [-0.2, -0.15) is 0 Å². The third kappa shape index (κ3) is 3.30. The first-order valence-electron chi connectivity index (χ1n) is 6.11. The fourth-order valence-electron chi connectivity index (χ4n) is 1.98. The maximum atomic E-state index is 11.4. The zero-order valence-electron chi connectivity index (χ0n) is 11.4. The van der Waals surface area contributed by atoms with Crippen molar-refractivity contribution in [2.75, 3.05) is 26.9 Å². The zero-order chi connectivity index (χ0) is 13.8. The van der Waals surface area contributed by atoms with E-state index in [1.54, 1.807) is 6.26 Å². The van der Waals surface area contributed by atoms with Crippen molar-refractivity contribution in [2.45, 2.75) is 6.42 Å². The summed E-state index contributed by atoms with van der Waals surface area (Å²) in [6, 6.07) is 5.71. The first-order valence-corrected chi connectivity index (χ1v) is 7.34. The highest BCUT2D eigenvalue weighted by Gasteiger charge is 2.12. The lowest BCUT2D eigenvalue weighted by Gasteiger charge is -2.10. The number of hydrogen-bond acceptors (Lipinski definition) is 4. The number of benzene rings is 1. The summed E-state index contributed by atoms with van der Waals surface area (Å²) in [5, 5.41) is 0.721. The van der Waals surface area contributed by atoms with Gasteiger partial charge in [0.2, 0.25) is 0 Å². The van der Waals surface area contributed by atoms with Gasteiger partial charge < -0.3 is 14.6 Å². The second-order valence-electron chi connectivity index (χ2n) is 4.60. The highest BCUT2D eigenvalue weighted by molar-refractivity contribution is 8.12. The van der Waals surface area contributed by atoms with Crippen LogP contribution in [0.25, 0.3) is 10.9 Å². The van der Waals surface area contributed by atoms with E-state index < -0.39 is 0 Å². The first-order chi connectivity index (χ1) is 9.11. The number of thioether (sulfide) groups is 1. The molecule has 2 aromatic rings. The lowest BCUT2D eigenvalue weighted by molar-refractivity contribution is 0.227. The number of nitrogens with one attached hydrogen (secondary N) is 1. The normalized spacial score (nSPS) is 11.2. The van der Waals surface area contributed by atoms with Crippen molar-refractivity contribution in [3.63, 3.8) is 0 Å². The van der Waals surface area contributed by atoms with Gasteiger partial charge in [0.25, 0.3) is 0 Å². The van der Waals surface area contributed by atoms with Crippen LogP contribution in [0, 0.1) is 0 Å². The number of aromatic nitrogens is 1. The molecule has 5 heteroatoms. The third-order valence-corrected chi connectivity index (χ3v) is 3.35. The van der Waals surface area contributed by atoms with E-state index in [-0.39, 0.29) is 5.30 Å². The van der Waals surface area contributed by atoms with E-state index in [2.05, 4.69) is 9.88 Å². The van der Waals surface area contributed by atoms with Crippen molar-refractivity contribution in [2.24, 2.45) is 0 Å². The SMILES string of the molecule is CSC(=O)Oc1cccc2[nH]cc(CCN(C)C)c12. The Labute approximate surface area is 117 Å². The summed E-state index contributed by atoms with van der Waals surface area (Å²) in [4.78, 5) is 16.8. The van der Waals surface area contributed by atoms with E-state index in [9.17, 15) is 4.79 Å². The molecule has 0 atom stereocenters. The molecule has 0 unspecified atom stereocenters. The lowest BCUT2D eigenvalue weighted by Crippen LogP contribution is -2.14. The van der Waals surface area contributed by atoms with Crippen LogP contribution >= 0.6 is 11.8 Å². The van der Waals surface area contributed by atoms with Crippen LogP contribution in [0.4, 0.5) is 4.79 Å². The molecule has 1 N–H and O–H groups in total. The molecule has 0 spiro atoms. The summed E-state index contributed by atoms with van der Waals surface area (Å²) in [6.45, 7) is 0.956. The van der Waals surface area contributed by atoms with Gasteiger partial charge in [0.05, 0.1) is 0 Å². The van der Waals surface area contributed by atoms with Crippen molar-refractivity contribution < 1.29 is 9.53 Å². The number of carbonyl (C=O) groups excluding carboxylic acids is 1. The number of rotatable bonds is 4. The molecule has 2 rings (SSSR count). The number of aromatic amines is 1. The minimum atomic E-state index is -0.285. The summed E-state index contributed by atoms with van der Waals surface area (Å²) in [5.41, 5.74) is 2.17. The van der Waals surface area contributed by atoms with Crippen LogP contribution in [0.15, 0.2) is 24.4 Å². The van der Waals surface area contributed by atoms with E-state index in [0.717, 1.165) is 35.6 Å². The molecule has 1 heterocycles. The second-order valence-corrected chi connectivity index (χ2v) is 5.34. The molecule has 0 aliphatic heterocycles.